The van der Waals surface area contributed by atoms with Crippen LogP contribution < -0.4 is 15.4 Å². The number of urea groups is 1. The number of amides is 4. The molecule has 0 radical (unpaired) electrons. The van der Waals surface area contributed by atoms with Gasteiger partial charge in [-0.15, -0.1) is 11.3 Å². The van der Waals surface area contributed by atoms with Crippen molar-refractivity contribution in [3.8, 4) is 17.0 Å². The Labute approximate surface area is 166 Å². The van der Waals surface area contributed by atoms with E-state index in [4.69, 9.17) is 4.74 Å². The van der Waals surface area contributed by atoms with Crippen LogP contribution in [0.2, 0.25) is 0 Å². The SMILES string of the molecule is COc1ccc(-c2nc(NC(=O)CCN3C(=O)NC(C)(C)C3=O)sc2C)cc1. The highest BCUT2D eigenvalue weighted by Gasteiger charge is 2.44. The molecular formula is C19H22N4O4S. The van der Waals surface area contributed by atoms with Crippen molar-refractivity contribution < 1.29 is 19.1 Å². The van der Waals surface area contributed by atoms with E-state index in [-0.39, 0.29) is 24.8 Å². The quantitative estimate of drug-likeness (QED) is 0.724. The molecule has 3 rings (SSSR count). The molecule has 1 fully saturated rings. The number of nitrogens with zero attached hydrogens (tertiary/aromatic N) is 2. The van der Waals surface area contributed by atoms with Crippen molar-refractivity contribution in [3.05, 3.63) is 29.1 Å². The number of hydrogen-bond acceptors (Lipinski definition) is 6. The largest absolute Gasteiger partial charge is 0.497 e. The number of rotatable bonds is 6. The zero-order valence-electron chi connectivity index (χ0n) is 16.2. The summed E-state index contributed by atoms with van der Waals surface area (Å²) < 4.78 is 5.16. The minimum absolute atomic E-state index is 0.00569. The summed E-state index contributed by atoms with van der Waals surface area (Å²) in [7, 11) is 1.61. The second-order valence-corrected chi connectivity index (χ2v) is 8.17. The molecule has 0 spiro atoms. The summed E-state index contributed by atoms with van der Waals surface area (Å²) in [5.41, 5.74) is 0.781. The first-order valence-corrected chi connectivity index (χ1v) is 9.59. The van der Waals surface area contributed by atoms with E-state index < -0.39 is 11.6 Å². The minimum Gasteiger partial charge on any atom is -0.497 e. The van der Waals surface area contributed by atoms with E-state index in [1.807, 2.05) is 31.2 Å². The Bertz CT molecular complexity index is 921. The average molecular weight is 402 g/mol. The van der Waals surface area contributed by atoms with Crippen LogP contribution in [0.4, 0.5) is 9.93 Å². The van der Waals surface area contributed by atoms with E-state index in [1.54, 1.807) is 21.0 Å². The van der Waals surface area contributed by atoms with Crippen LogP contribution >= 0.6 is 11.3 Å². The molecule has 0 saturated carbocycles. The van der Waals surface area contributed by atoms with Gasteiger partial charge in [0, 0.05) is 23.4 Å². The molecule has 1 aliphatic heterocycles. The molecule has 1 aromatic carbocycles. The van der Waals surface area contributed by atoms with E-state index >= 15 is 0 Å². The molecule has 0 atom stereocenters. The van der Waals surface area contributed by atoms with E-state index in [9.17, 15) is 14.4 Å². The van der Waals surface area contributed by atoms with Gasteiger partial charge in [0.15, 0.2) is 5.13 Å². The van der Waals surface area contributed by atoms with E-state index in [0.717, 1.165) is 26.8 Å². The van der Waals surface area contributed by atoms with Gasteiger partial charge in [0.1, 0.15) is 11.3 Å². The number of carbonyl (C=O) groups is 3. The second-order valence-electron chi connectivity index (χ2n) is 6.96. The number of nitrogens with one attached hydrogen (secondary N) is 2. The maximum atomic E-state index is 12.3. The van der Waals surface area contributed by atoms with Crippen molar-refractivity contribution in [1.82, 2.24) is 15.2 Å². The lowest BCUT2D eigenvalue weighted by molar-refractivity contribution is -0.130. The van der Waals surface area contributed by atoms with Crippen LogP contribution in [0.1, 0.15) is 25.1 Å². The Balaban J connectivity index is 1.62. The first kappa shape index (κ1) is 19.8. The van der Waals surface area contributed by atoms with Crippen LogP contribution in [-0.2, 0) is 9.59 Å². The van der Waals surface area contributed by atoms with E-state index in [0.29, 0.717) is 5.13 Å². The molecular weight excluding hydrogens is 380 g/mol. The Hall–Kier alpha value is -2.94. The van der Waals surface area contributed by atoms with Crippen LogP contribution in [0.5, 0.6) is 5.75 Å². The lowest BCUT2D eigenvalue weighted by atomic mass is 10.1. The van der Waals surface area contributed by atoms with E-state index in [2.05, 4.69) is 15.6 Å². The number of methoxy groups -OCH3 is 1. The zero-order chi connectivity index (χ0) is 20.5. The Morgan fingerprint density at radius 3 is 2.54 bits per heavy atom. The molecule has 9 heteroatoms. The van der Waals surface area contributed by atoms with E-state index in [1.165, 1.54) is 11.3 Å². The summed E-state index contributed by atoms with van der Waals surface area (Å²) in [4.78, 5) is 42.8. The number of carbonyl (C=O) groups excluding carboxylic acids is 3. The highest BCUT2D eigenvalue weighted by atomic mass is 32.1. The maximum Gasteiger partial charge on any atom is 0.325 e. The molecule has 0 aliphatic carbocycles. The summed E-state index contributed by atoms with van der Waals surface area (Å²) in [6.45, 7) is 5.22. The Morgan fingerprint density at radius 2 is 1.96 bits per heavy atom. The zero-order valence-corrected chi connectivity index (χ0v) is 17.0. The topological polar surface area (TPSA) is 101 Å². The monoisotopic (exact) mass is 402 g/mol. The summed E-state index contributed by atoms with van der Waals surface area (Å²) in [5.74, 6) is 0.117. The molecule has 1 aliphatic rings. The lowest BCUT2D eigenvalue weighted by Gasteiger charge is -2.15. The van der Waals surface area contributed by atoms with Gasteiger partial charge in [0.25, 0.3) is 5.91 Å². The van der Waals surface area contributed by atoms with Gasteiger partial charge in [-0.05, 0) is 45.0 Å². The van der Waals surface area contributed by atoms with Gasteiger partial charge in [-0.2, -0.15) is 0 Å². The minimum atomic E-state index is -0.937. The Morgan fingerprint density at radius 1 is 1.29 bits per heavy atom. The van der Waals surface area contributed by atoms with Crippen molar-refractivity contribution in [2.75, 3.05) is 19.0 Å². The van der Waals surface area contributed by atoms with Crippen molar-refractivity contribution in [1.29, 1.82) is 0 Å². The second kappa shape index (κ2) is 7.59. The molecule has 2 N–H and O–H groups in total. The highest BCUT2D eigenvalue weighted by molar-refractivity contribution is 7.16. The summed E-state index contributed by atoms with van der Waals surface area (Å²) in [6, 6.07) is 7.05. The number of ether oxygens (including phenoxy) is 1. The molecule has 28 heavy (non-hydrogen) atoms. The van der Waals surface area contributed by atoms with Crippen molar-refractivity contribution in [2.45, 2.75) is 32.7 Å². The summed E-state index contributed by atoms with van der Waals surface area (Å²) >= 11 is 1.37. The average Bonchev–Trinajstić information content (AvgIpc) is 3.09. The van der Waals surface area contributed by atoms with Crippen LogP contribution in [0.3, 0.4) is 0 Å². The van der Waals surface area contributed by atoms with Crippen LogP contribution in [0.15, 0.2) is 24.3 Å². The molecule has 4 amide bonds. The fourth-order valence-corrected chi connectivity index (χ4v) is 3.73. The summed E-state index contributed by atoms with van der Waals surface area (Å²) in [5, 5.41) is 5.81. The van der Waals surface area contributed by atoms with Gasteiger partial charge in [0.05, 0.1) is 12.8 Å². The van der Waals surface area contributed by atoms with Gasteiger partial charge >= 0.3 is 6.03 Å². The predicted octanol–water partition coefficient (Wildman–Crippen LogP) is 2.79. The fraction of sp³-hybridized carbons (Fsp3) is 0.368. The predicted molar refractivity (Wildman–Crippen MR) is 106 cm³/mol. The number of anilines is 1. The van der Waals surface area contributed by atoms with Crippen molar-refractivity contribution in [3.63, 3.8) is 0 Å². The maximum absolute atomic E-state index is 12.3. The molecule has 8 nitrogen and oxygen atoms in total. The van der Waals surface area contributed by atoms with Gasteiger partial charge in [-0.25, -0.2) is 9.78 Å². The molecule has 148 valence electrons. The smallest absolute Gasteiger partial charge is 0.325 e. The highest BCUT2D eigenvalue weighted by Crippen LogP contribution is 2.31. The van der Waals surface area contributed by atoms with Crippen LogP contribution in [-0.4, -0.2) is 46.9 Å². The number of imide groups is 1. The number of thiazole rings is 1. The van der Waals surface area contributed by atoms with Gasteiger partial charge in [-0.1, -0.05) is 0 Å². The van der Waals surface area contributed by atoms with Crippen LogP contribution in [0.25, 0.3) is 11.3 Å². The lowest BCUT2D eigenvalue weighted by Crippen LogP contribution is -2.40. The van der Waals surface area contributed by atoms with Crippen molar-refractivity contribution in [2.24, 2.45) is 0 Å². The first-order chi connectivity index (χ1) is 13.2. The van der Waals surface area contributed by atoms with Crippen molar-refractivity contribution >= 4 is 34.3 Å². The third-order valence-electron chi connectivity index (χ3n) is 4.41. The Kier molecular flexibility index (Phi) is 5.37. The normalized spacial score (nSPS) is 15.5. The number of hydrogen-bond donors (Lipinski definition) is 2. The van der Waals surface area contributed by atoms with Crippen LogP contribution in [0, 0.1) is 6.92 Å². The molecule has 2 aromatic rings. The third-order valence-corrected chi connectivity index (χ3v) is 5.30. The van der Waals surface area contributed by atoms with Gasteiger partial charge in [0.2, 0.25) is 5.91 Å². The number of benzene rings is 1. The van der Waals surface area contributed by atoms with Gasteiger partial charge in [-0.3, -0.25) is 14.5 Å². The molecule has 1 saturated heterocycles. The standard InChI is InChI=1S/C19H22N4O4S/c1-11-15(12-5-7-13(27-4)8-6-12)21-17(28-11)20-14(24)9-10-23-16(25)19(2,3)22-18(23)26/h5-8H,9-10H2,1-4H3,(H,22,26)(H,20,21,24). The molecule has 2 heterocycles. The number of aryl methyl sites for hydroxylation is 1. The number of aromatic nitrogens is 1. The first-order valence-electron chi connectivity index (χ1n) is 8.77. The molecule has 0 bridgehead atoms. The fourth-order valence-electron chi connectivity index (χ4n) is 2.88. The third kappa shape index (κ3) is 3.99. The molecule has 1 aromatic heterocycles. The summed E-state index contributed by atoms with van der Waals surface area (Å²) in [6.07, 6.45) is 0.00569. The van der Waals surface area contributed by atoms with Gasteiger partial charge < -0.3 is 15.4 Å². The molecule has 0 unspecified atom stereocenters.